The van der Waals surface area contributed by atoms with Crippen molar-refractivity contribution in [1.82, 2.24) is 14.7 Å². The van der Waals surface area contributed by atoms with Crippen LogP contribution in [0.4, 0.5) is 0 Å². The number of hydrogen-bond donors (Lipinski definition) is 1. The Balaban J connectivity index is 1.88. The van der Waals surface area contributed by atoms with Crippen molar-refractivity contribution in [3.05, 3.63) is 17.5 Å². The van der Waals surface area contributed by atoms with Gasteiger partial charge in [0.1, 0.15) is 0 Å². The summed E-state index contributed by atoms with van der Waals surface area (Å²) in [4.78, 5) is 2.31. The van der Waals surface area contributed by atoms with Gasteiger partial charge in [0.25, 0.3) is 0 Å². The first-order chi connectivity index (χ1) is 8.58. The maximum Gasteiger partial charge on any atom is 0.0580 e. The number of rotatable bonds is 4. The van der Waals surface area contributed by atoms with Crippen LogP contribution in [0.3, 0.4) is 0 Å². The highest BCUT2D eigenvalue weighted by molar-refractivity contribution is 5.15. The molecule has 1 saturated carbocycles. The summed E-state index contributed by atoms with van der Waals surface area (Å²) in [6, 6.07) is 0. The number of hydrogen-bond acceptors (Lipinski definition) is 3. The van der Waals surface area contributed by atoms with Crippen LogP contribution in [-0.4, -0.2) is 39.5 Å². The van der Waals surface area contributed by atoms with E-state index >= 15 is 0 Å². The molecule has 4 heteroatoms. The lowest BCUT2D eigenvalue weighted by molar-refractivity contribution is 0.0501. The van der Waals surface area contributed by atoms with Gasteiger partial charge in [-0.2, -0.15) is 5.10 Å². The van der Waals surface area contributed by atoms with Gasteiger partial charge in [0.15, 0.2) is 0 Å². The van der Waals surface area contributed by atoms with Gasteiger partial charge in [-0.15, -0.1) is 0 Å². The van der Waals surface area contributed by atoms with E-state index in [2.05, 4.69) is 24.0 Å². The first kappa shape index (κ1) is 13.6. The monoisotopic (exact) mass is 251 g/mol. The Morgan fingerprint density at radius 3 is 2.78 bits per heavy atom. The summed E-state index contributed by atoms with van der Waals surface area (Å²) < 4.78 is 1.92. The molecule has 102 valence electrons. The maximum absolute atomic E-state index is 10.00. The normalized spacial score (nSPS) is 24.7. The lowest BCUT2D eigenvalue weighted by atomic mass is 9.86. The van der Waals surface area contributed by atoms with Gasteiger partial charge < -0.3 is 10.0 Å². The standard InChI is InChI=1S/C14H25N3O/c1-11-13(8-15-17(11)3)10-16(2)9-12-6-4-5-7-14(12)18/h8,12,14,18H,4-7,9-10H2,1-3H3. The zero-order valence-electron chi connectivity index (χ0n) is 11.8. The van der Waals surface area contributed by atoms with Gasteiger partial charge in [-0.1, -0.05) is 12.8 Å². The highest BCUT2D eigenvalue weighted by Gasteiger charge is 2.24. The van der Waals surface area contributed by atoms with Gasteiger partial charge in [-0.05, 0) is 32.7 Å². The van der Waals surface area contributed by atoms with Crippen LogP contribution in [0, 0.1) is 12.8 Å². The summed E-state index contributed by atoms with van der Waals surface area (Å²) in [5.74, 6) is 0.445. The summed E-state index contributed by atoms with van der Waals surface area (Å²) in [6.45, 7) is 4.00. The summed E-state index contributed by atoms with van der Waals surface area (Å²) in [5, 5.41) is 14.3. The topological polar surface area (TPSA) is 41.3 Å². The Morgan fingerprint density at radius 2 is 2.17 bits per heavy atom. The van der Waals surface area contributed by atoms with Crippen LogP contribution in [-0.2, 0) is 13.6 Å². The molecule has 0 aromatic carbocycles. The lowest BCUT2D eigenvalue weighted by Crippen LogP contribution is -2.34. The van der Waals surface area contributed by atoms with E-state index in [9.17, 15) is 5.11 Å². The van der Waals surface area contributed by atoms with Crippen molar-refractivity contribution >= 4 is 0 Å². The van der Waals surface area contributed by atoms with E-state index in [1.54, 1.807) is 0 Å². The maximum atomic E-state index is 10.00. The molecule has 4 nitrogen and oxygen atoms in total. The fraction of sp³-hybridized carbons (Fsp3) is 0.786. The molecule has 0 amide bonds. The fourth-order valence-electron chi connectivity index (χ4n) is 2.86. The number of aliphatic hydroxyl groups is 1. The second-order valence-electron chi connectivity index (χ2n) is 5.69. The summed E-state index contributed by atoms with van der Waals surface area (Å²) in [7, 11) is 4.11. The van der Waals surface area contributed by atoms with E-state index in [4.69, 9.17) is 0 Å². The molecule has 1 N–H and O–H groups in total. The van der Waals surface area contributed by atoms with E-state index in [1.165, 1.54) is 24.1 Å². The van der Waals surface area contributed by atoms with E-state index in [-0.39, 0.29) is 6.10 Å². The highest BCUT2D eigenvalue weighted by Crippen LogP contribution is 2.25. The molecule has 1 fully saturated rings. The van der Waals surface area contributed by atoms with Crippen molar-refractivity contribution in [2.45, 2.75) is 45.3 Å². The smallest absolute Gasteiger partial charge is 0.0580 e. The molecule has 0 spiro atoms. The predicted octanol–water partition coefficient (Wildman–Crippen LogP) is 1.71. The van der Waals surface area contributed by atoms with Crippen molar-refractivity contribution in [2.24, 2.45) is 13.0 Å². The Hall–Kier alpha value is -0.870. The SMILES string of the molecule is Cc1c(CN(C)CC2CCCCC2O)cnn1C. The summed E-state index contributed by atoms with van der Waals surface area (Å²) in [5.41, 5.74) is 2.51. The Bertz CT molecular complexity index is 388. The first-order valence-corrected chi connectivity index (χ1v) is 6.92. The zero-order valence-corrected chi connectivity index (χ0v) is 11.8. The molecular formula is C14H25N3O. The van der Waals surface area contributed by atoms with Crippen LogP contribution in [0.25, 0.3) is 0 Å². The molecule has 1 aliphatic rings. The minimum atomic E-state index is -0.101. The number of nitrogens with zero attached hydrogens (tertiary/aromatic N) is 3. The third-order valence-corrected chi connectivity index (χ3v) is 4.19. The Kier molecular flexibility index (Phi) is 4.40. The molecule has 1 aromatic rings. The molecule has 0 saturated heterocycles. The summed E-state index contributed by atoms with van der Waals surface area (Å²) >= 11 is 0. The van der Waals surface area contributed by atoms with Gasteiger partial charge in [0, 0.05) is 31.4 Å². The predicted molar refractivity (Wildman–Crippen MR) is 72.2 cm³/mol. The molecular weight excluding hydrogens is 226 g/mol. The fourth-order valence-corrected chi connectivity index (χ4v) is 2.86. The van der Waals surface area contributed by atoms with Gasteiger partial charge in [0.2, 0.25) is 0 Å². The number of aliphatic hydroxyl groups excluding tert-OH is 1. The van der Waals surface area contributed by atoms with E-state index in [1.807, 2.05) is 17.9 Å². The second-order valence-corrected chi connectivity index (χ2v) is 5.69. The van der Waals surface area contributed by atoms with E-state index in [0.29, 0.717) is 5.92 Å². The molecule has 2 atom stereocenters. The van der Waals surface area contributed by atoms with Crippen LogP contribution in [0.5, 0.6) is 0 Å². The van der Waals surface area contributed by atoms with Gasteiger partial charge >= 0.3 is 0 Å². The zero-order chi connectivity index (χ0) is 13.1. The second kappa shape index (κ2) is 5.85. The van der Waals surface area contributed by atoms with Gasteiger partial charge in [-0.25, -0.2) is 0 Å². The molecule has 2 unspecified atom stereocenters. The third-order valence-electron chi connectivity index (χ3n) is 4.19. The van der Waals surface area contributed by atoms with Gasteiger partial charge in [0.05, 0.1) is 12.3 Å². The summed E-state index contributed by atoms with van der Waals surface area (Å²) in [6.07, 6.45) is 6.44. The quantitative estimate of drug-likeness (QED) is 0.886. The van der Waals surface area contributed by atoms with Crippen LogP contribution in [0.1, 0.15) is 36.9 Å². The first-order valence-electron chi connectivity index (χ1n) is 6.92. The molecule has 0 aliphatic heterocycles. The van der Waals surface area contributed by atoms with Crippen molar-refractivity contribution < 1.29 is 5.11 Å². The van der Waals surface area contributed by atoms with Crippen LogP contribution < -0.4 is 0 Å². The van der Waals surface area contributed by atoms with E-state index in [0.717, 1.165) is 25.9 Å². The molecule has 2 rings (SSSR count). The Labute approximate surface area is 110 Å². The molecule has 1 aliphatic carbocycles. The van der Waals surface area contributed by atoms with Crippen molar-refractivity contribution in [3.63, 3.8) is 0 Å². The molecule has 18 heavy (non-hydrogen) atoms. The largest absolute Gasteiger partial charge is 0.393 e. The average molecular weight is 251 g/mol. The molecule has 1 heterocycles. The third kappa shape index (κ3) is 3.12. The number of aromatic nitrogens is 2. The molecule has 0 radical (unpaired) electrons. The number of aryl methyl sites for hydroxylation is 1. The van der Waals surface area contributed by atoms with E-state index < -0.39 is 0 Å². The minimum absolute atomic E-state index is 0.101. The van der Waals surface area contributed by atoms with Crippen molar-refractivity contribution in [3.8, 4) is 0 Å². The van der Waals surface area contributed by atoms with Gasteiger partial charge in [-0.3, -0.25) is 4.68 Å². The lowest BCUT2D eigenvalue weighted by Gasteiger charge is -2.31. The van der Waals surface area contributed by atoms with Crippen LogP contribution in [0.2, 0.25) is 0 Å². The Morgan fingerprint density at radius 1 is 1.44 bits per heavy atom. The highest BCUT2D eigenvalue weighted by atomic mass is 16.3. The molecule has 1 aromatic heterocycles. The molecule has 0 bridgehead atoms. The average Bonchev–Trinajstić information content (AvgIpc) is 2.64. The van der Waals surface area contributed by atoms with Crippen molar-refractivity contribution in [2.75, 3.05) is 13.6 Å². The van der Waals surface area contributed by atoms with Crippen LogP contribution >= 0.6 is 0 Å². The minimum Gasteiger partial charge on any atom is -0.393 e. The van der Waals surface area contributed by atoms with Crippen LogP contribution in [0.15, 0.2) is 6.20 Å². The van der Waals surface area contributed by atoms with Crippen molar-refractivity contribution in [1.29, 1.82) is 0 Å².